The van der Waals surface area contributed by atoms with E-state index in [1.807, 2.05) is 0 Å². The van der Waals surface area contributed by atoms with E-state index in [-0.39, 0.29) is 5.41 Å². The Balaban J connectivity index is 2.20. The quantitative estimate of drug-likeness (QED) is 0.642. The molecule has 17 heavy (non-hydrogen) atoms. The highest BCUT2D eigenvalue weighted by atomic mass is 16.1. The minimum Gasteiger partial charge on any atom is -0.323 e. The molecule has 2 aliphatic rings. The van der Waals surface area contributed by atoms with Crippen molar-refractivity contribution >= 4 is 5.78 Å². The molecule has 3 unspecified atom stereocenters. The van der Waals surface area contributed by atoms with Crippen molar-refractivity contribution in [3.63, 3.8) is 0 Å². The van der Waals surface area contributed by atoms with E-state index in [4.69, 9.17) is 0 Å². The molecule has 2 saturated heterocycles. The Morgan fingerprint density at radius 1 is 1.06 bits per heavy atom. The van der Waals surface area contributed by atoms with Crippen molar-refractivity contribution in [3.8, 4) is 0 Å². The van der Waals surface area contributed by atoms with Crippen molar-refractivity contribution in [1.82, 2.24) is 0 Å². The van der Waals surface area contributed by atoms with Gasteiger partial charge in [-0.3, -0.25) is 4.79 Å². The van der Waals surface area contributed by atoms with Gasteiger partial charge in [0.25, 0.3) is 0 Å². The van der Waals surface area contributed by atoms with Crippen LogP contribution in [0.15, 0.2) is 0 Å². The molecule has 0 spiro atoms. The van der Waals surface area contributed by atoms with E-state index in [1.54, 1.807) is 0 Å². The molecule has 2 rings (SSSR count). The summed E-state index contributed by atoms with van der Waals surface area (Å²) in [5, 5.41) is 0. The van der Waals surface area contributed by atoms with E-state index < -0.39 is 0 Å². The molecule has 3 atom stereocenters. The third kappa shape index (κ3) is 2.42. The summed E-state index contributed by atoms with van der Waals surface area (Å²) >= 11 is 0. The fraction of sp³-hybridized carbons (Fsp3) is 0.933. The van der Waals surface area contributed by atoms with Crippen LogP contribution in [0.5, 0.6) is 0 Å². The number of carbonyl (C=O) groups excluding carboxylic acids is 1. The molecule has 2 nitrogen and oxygen atoms in total. The molecular formula is C15H28NO+. The zero-order chi connectivity index (χ0) is 12.7. The van der Waals surface area contributed by atoms with Crippen LogP contribution in [0, 0.1) is 11.3 Å². The number of piperidine rings is 2. The van der Waals surface area contributed by atoms with Gasteiger partial charge in [-0.1, -0.05) is 20.8 Å². The summed E-state index contributed by atoms with van der Waals surface area (Å²) in [5.74, 6) is 0.836. The highest BCUT2D eigenvalue weighted by Crippen LogP contribution is 2.39. The Bertz CT molecular complexity index is 301. The monoisotopic (exact) mass is 238 g/mol. The molecule has 0 aromatic carbocycles. The second-order valence-corrected chi connectivity index (χ2v) is 7.35. The van der Waals surface area contributed by atoms with Gasteiger partial charge in [0.1, 0.15) is 5.78 Å². The van der Waals surface area contributed by atoms with E-state index in [0.29, 0.717) is 17.7 Å². The lowest BCUT2D eigenvalue weighted by atomic mass is 9.72. The molecule has 2 fully saturated rings. The number of ketones is 1. The van der Waals surface area contributed by atoms with Gasteiger partial charge in [0.15, 0.2) is 0 Å². The molecule has 0 N–H and O–H groups in total. The zero-order valence-corrected chi connectivity index (χ0v) is 12.0. The average Bonchev–Trinajstić information content (AvgIpc) is 2.25. The smallest absolute Gasteiger partial charge is 0.147 e. The van der Waals surface area contributed by atoms with Crippen LogP contribution in [0.4, 0.5) is 0 Å². The molecule has 0 radical (unpaired) electrons. The fourth-order valence-corrected chi connectivity index (χ4v) is 3.94. The highest BCUT2D eigenvalue weighted by Gasteiger charge is 2.48. The van der Waals surface area contributed by atoms with Crippen molar-refractivity contribution < 1.29 is 9.28 Å². The van der Waals surface area contributed by atoms with E-state index >= 15 is 0 Å². The average molecular weight is 238 g/mol. The van der Waals surface area contributed by atoms with Crippen LogP contribution >= 0.6 is 0 Å². The lowest BCUT2D eigenvalue weighted by Gasteiger charge is -2.51. The molecule has 0 saturated carbocycles. The number of hydrogen-bond donors (Lipinski definition) is 0. The third-order valence-corrected chi connectivity index (χ3v) is 4.94. The zero-order valence-electron chi connectivity index (χ0n) is 12.0. The number of Topliss-reactive ketones (excluding diaryl/α,β-unsaturated/α-hetero) is 1. The summed E-state index contributed by atoms with van der Waals surface area (Å²) in [5.41, 5.74) is -0.162. The summed E-state index contributed by atoms with van der Waals surface area (Å²) in [4.78, 5) is 12.6. The van der Waals surface area contributed by atoms with Crippen molar-refractivity contribution in [3.05, 3.63) is 0 Å². The van der Waals surface area contributed by atoms with Gasteiger partial charge in [-0.15, -0.1) is 0 Å². The van der Waals surface area contributed by atoms with E-state index in [1.165, 1.54) is 43.3 Å². The van der Waals surface area contributed by atoms with Crippen molar-refractivity contribution in [2.75, 3.05) is 20.1 Å². The van der Waals surface area contributed by atoms with Crippen LogP contribution in [-0.2, 0) is 4.79 Å². The first kappa shape index (κ1) is 13.1. The lowest BCUT2D eigenvalue weighted by Crippen LogP contribution is -2.62. The lowest BCUT2D eigenvalue weighted by molar-refractivity contribution is -0.945. The Kier molecular flexibility index (Phi) is 3.37. The second-order valence-electron chi connectivity index (χ2n) is 7.35. The molecule has 0 aliphatic carbocycles. The summed E-state index contributed by atoms with van der Waals surface area (Å²) in [6.45, 7) is 8.82. The first-order valence-electron chi connectivity index (χ1n) is 7.23. The Morgan fingerprint density at radius 3 is 2.35 bits per heavy atom. The van der Waals surface area contributed by atoms with Crippen LogP contribution in [0.3, 0.4) is 0 Å². The van der Waals surface area contributed by atoms with Crippen LogP contribution in [0.2, 0.25) is 0 Å². The van der Waals surface area contributed by atoms with Crippen LogP contribution in [-0.4, -0.2) is 36.4 Å². The summed E-state index contributed by atoms with van der Waals surface area (Å²) < 4.78 is 1.17. The maximum Gasteiger partial charge on any atom is 0.147 e. The second kappa shape index (κ2) is 4.38. The molecule has 0 aromatic rings. The number of nitrogens with zero attached hydrogens (tertiary/aromatic N) is 1. The van der Waals surface area contributed by atoms with Gasteiger partial charge in [0, 0.05) is 11.8 Å². The van der Waals surface area contributed by atoms with E-state index in [0.717, 1.165) is 6.42 Å². The number of fused-ring (bicyclic) bond motifs is 1. The number of quaternary nitrogens is 1. The molecular weight excluding hydrogens is 210 g/mol. The van der Waals surface area contributed by atoms with E-state index in [9.17, 15) is 4.79 Å². The van der Waals surface area contributed by atoms with Crippen LogP contribution in [0.25, 0.3) is 0 Å². The first-order chi connectivity index (χ1) is 7.84. The van der Waals surface area contributed by atoms with Gasteiger partial charge in [-0.2, -0.15) is 0 Å². The summed E-state index contributed by atoms with van der Waals surface area (Å²) in [7, 11) is 2.38. The van der Waals surface area contributed by atoms with Crippen LogP contribution < -0.4 is 0 Å². The topological polar surface area (TPSA) is 17.1 Å². The normalized spacial score (nSPS) is 38.6. The largest absolute Gasteiger partial charge is 0.323 e. The first-order valence-corrected chi connectivity index (χ1v) is 7.23. The summed E-state index contributed by atoms with van der Waals surface area (Å²) in [6, 6.07) is 0.615. The Morgan fingerprint density at radius 2 is 1.71 bits per heavy atom. The number of rotatable bonds is 1. The van der Waals surface area contributed by atoms with Gasteiger partial charge < -0.3 is 4.48 Å². The maximum absolute atomic E-state index is 12.6. The molecule has 0 amide bonds. The Labute approximate surface area is 106 Å². The summed E-state index contributed by atoms with van der Waals surface area (Å²) in [6.07, 6.45) is 6.31. The molecule has 2 heteroatoms. The number of hydrogen-bond acceptors (Lipinski definition) is 1. The Hall–Kier alpha value is -0.370. The van der Waals surface area contributed by atoms with Gasteiger partial charge in [0.2, 0.25) is 0 Å². The molecule has 2 aliphatic heterocycles. The standard InChI is InChI=1S/C15H28NO/c1-15(2,3)14(17)12-8-7-11-16(4)10-6-5-9-13(12)16/h12-13H,5-11H2,1-4H3/q+1. The van der Waals surface area contributed by atoms with Crippen LogP contribution in [0.1, 0.15) is 52.9 Å². The predicted octanol–water partition coefficient (Wildman–Crippen LogP) is 3.01. The molecule has 98 valence electrons. The van der Waals surface area contributed by atoms with Gasteiger partial charge >= 0.3 is 0 Å². The maximum atomic E-state index is 12.6. The predicted molar refractivity (Wildman–Crippen MR) is 70.7 cm³/mol. The van der Waals surface area contributed by atoms with Crippen molar-refractivity contribution in [1.29, 1.82) is 0 Å². The molecule has 2 heterocycles. The molecule has 0 aromatic heterocycles. The SMILES string of the molecule is CC(C)(C)C(=O)C1CCC[N+]2(C)CCCCC12. The minimum atomic E-state index is -0.162. The van der Waals surface area contributed by atoms with Crippen molar-refractivity contribution in [2.24, 2.45) is 11.3 Å². The van der Waals surface area contributed by atoms with E-state index in [2.05, 4.69) is 27.8 Å². The van der Waals surface area contributed by atoms with Gasteiger partial charge in [0.05, 0.1) is 32.1 Å². The fourth-order valence-electron chi connectivity index (χ4n) is 3.94. The highest BCUT2D eigenvalue weighted by molar-refractivity contribution is 5.86. The third-order valence-electron chi connectivity index (χ3n) is 4.94. The number of carbonyl (C=O) groups is 1. The van der Waals surface area contributed by atoms with Gasteiger partial charge in [-0.05, 0) is 25.7 Å². The van der Waals surface area contributed by atoms with Crippen molar-refractivity contribution in [2.45, 2.75) is 58.9 Å². The minimum absolute atomic E-state index is 0.162. The van der Waals surface area contributed by atoms with Gasteiger partial charge in [-0.25, -0.2) is 0 Å². The molecule has 0 bridgehead atoms.